The molecule has 1 aliphatic heterocycles. The number of rotatable bonds is 17. The molecule has 3 aromatic carbocycles. The quantitative estimate of drug-likeness (QED) is 0.145. The van der Waals surface area contributed by atoms with E-state index in [1.165, 1.54) is 63.9 Å². The van der Waals surface area contributed by atoms with Gasteiger partial charge in [0, 0.05) is 17.0 Å². The lowest BCUT2D eigenvalue weighted by molar-refractivity contribution is -0.207. The summed E-state index contributed by atoms with van der Waals surface area (Å²) in [7, 11) is 0. The number of aryl methyl sites for hydroxylation is 1. The zero-order valence-electron chi connectivity index (χ0n) is 26.1. The molecular formula is C38H49F3O2. The molecule has 0 saturated carbocycles. The van der Waals surface area contributed by atoms with Crippen molar-refractivity contribution in [2.45, 2.75) is 110 Å². The van der Waals surface area contributed by atoms with E-state index in [0.29, 0.717) is 47.8 Å². The number of halogens is 3. The number of hydrogen-bond donors (Lipinski definition) is 0. The maximum absolute atomic E-state index is 15.1. The van der Waals surface area contributed by atoms with E-state index in [1.807, 2.05) is 18.2 Å². The summed E-state index contributed by atoms with van der Waals surface area (Å²) in [6.45, 7) is 5.58. The van der Waals surface area contributed by atoms with Crippen molar-refractivity contribution in [2.75, 3.05) is 13.2 Å². The fourth-order valence-electron chi connectivity index (χ4n) is 5.94. The monoisotopic (exact) mass is 594 g/mol. The molecule has 1 aliphatic rings. The van der Waals surface area contributed by atoms with Gasteiger partial charge in [0.05, 0.1) is 13.2 Å². The van der Waals surface area contributed by atoms with Gasteiger partial charge in [-0.2, -0.15) is 0 Å². The Hall–Kier alpha value is -2.63. The SMILES string of the molecule is CCCCCCCCCc1ccc(-c2ccc(-c3ccc(C4OCC(CCCCCCC)CO4)c(F)c3)cc2)c(F)c1F. The topological polar surface area (TPSA) is 18.5 Å². The minimum Gasteiger partial charge on any atom is -0.348 e. The van der Waals surface area contributed by atoms with Crippen molar-refractivity contribution in [2.24, 2.45) is 5.92 Å². The van der Waals surface area contributed by atoms with E-state index in [0.717, 1.165) is 31.2 Å². The third-order valence-electron chi connectivity index (χ3n) is 8.68. The highest BCUT2D eigenvalue weighted by molar-refractivity contribution is 5.71. The minimum atomic E-state index is -0.810. The van der Waals surface area contributed by atoms with Gasteiger partial charge in [-0.3, -0.25) is 0 Å². The molecular weight excluding hydrogens is 545 g/mol. The van der Waals surface area contributed by atoms with E-state index in [9.17, 15) is 4.39 Å². The predicted molar refractivity (Wildman–Crippen MR) is 170 cm³/mol. The van der Waals surface area contributed by atoms with Crippen LogP contribution in [0.5, 0.6) is 0 Å². The van der Waals surface area contributed by atoms with Crippen molar-refractivity contribution in [1.82, 2.24) is 0 Å². The average molecular weight is 595 g/mol. The van der Waals surface area contributed by atoms with Crippen LogP contribution in [0.3, 0.4) is 0 Å². The van der Waals surface area contributed by atoms with Crippen LogP contribution in [-0.4, -0.2) is 13.2 Å². The molecule has 0 amide bonds. The molecule has 2 nitrogen and oxygen atoms in total. The van der Waals surface area contributed by atoms with Crippen LogP contribution in [0.15, 0.2) is 54.6 Å². The molecule has 4 rings (SSSR count). The second-order valence-electron chi connectivity index (χ2n) is 12.2. The first kappa shape index (κ1) is 33.3. The van der Waals surface area contributed by atoms with Crippen LogP contribution in [0.4, 0.5) is 13.2 Å². The van der Waals surface area contributed by atoms with Gasteiger partial charge in [-0.1, -0.05) is 133 Å². The Morgan fingerprint density at radius 2 is 1.19 bits per heavy atom. The summed E-state index contributed by atoms with van der Waals surface area (Å²) >= 11 is 0. The first-order valence-electron chi connectivity index (χ1n) is 16.6. The van der Waals surface area contributed by atoms with Crippen LogP contribution in [0.25, 0.3) is 22.3 Å². The van der Waals surface area contributed by atoms with Crippen LogP contribution < -0.4 is 0 Å². The van der Waals surface area contributed by atoms with E-state index in [4.69, 9.17) is 9.47 Å². The van der Waals surface area contributed by atoms with E-state index >= 15 is 8.78 Å². The van der Waals surface area contributed by atoms with Crippen molar-refractivity contribution in [3.63, 3.8) is 0 Å². The molecule has 1 fully saturated rings. The van der Waals surface area contributed by atoms with Crippen LogP contribution in [0.2, 0.25) is 0 Å². The summed E-state index contributed by atoms with van der Waals surface area (Å²) in [6, 6.07) is 15.5. The van der Waals surface area contributed by atoms with Crippen molar-refractivity contribution >= 4 is 0 Å². The molecule has 0 radical (unpaired) electrons. The molecule has 5 heteroatoms. The molecule has 43 heavy (non-hydrogen) atoms. The van der Waals surface area contributed by atoms with Gasteiger partial charge in [-0.05, 0) is 47.6 Å². The largest absolute Gasteiger partial charge is 0.348 e. The molecule has 0 aliphatic carbocycles. The summed E-state index contributed by atoms with van der Waals surface area (Å²) in [6.07, 6.45) is 15.1. The second-order valence-corrected chi connectivity index (χ2v) is 12.2. The lowest BCUT2D eigenvalue weighted by atomic mass is 9.97. The summed E-state index contributed by atoms with van der Waals surface area (Å²) in [4.78, 5) is 0. The highest BCUT2D eigenvalue weighted by atomic mass is 19.2. The maximum atomic E-state index is 15.1. The first-order valence-corrected chi connectivity index (χ1v) is 16.6. The Bertz CT molecular complexity index is 1250. The molecule has 0 aromatic heterocycles. The fraction of sp³-hybridized carbons (Fsp3) is 0.526. The van der Waals surface area contributed by atoms with Gasteiger partial charge in [0.2, 0.25) is 0 Å². The highest BCUT2D eigenvalue weighted by Crippen LogP contribution is 2.33. The second kappa shape index (κ2) is 17.6. The molecule has 3 aromatic rings. The number of ether oxygens (including phenoxy) is 2. The van der Waals surface area contributed by atoms with Gasteiger partial charge >= 0.3 is 0 Å². The van der Waals surface area contributed by atoms with E-state index in [2.05, 4.69) is 13.8 Å². The number of hydrogen-bond acceptors (Lipinski definition) is 2. The van der Waals surface area contributed by atoms with Gasteiger partial charge in [0.15, 0.2) is 17.9 Å². The molecule has 0 unspecified atom stereocenters. The van der Waals surface area contributed by atoms with Crippen LogP contribution in [0, 0.1) is 23.4 Å². The minimum absolute atomic E-state index is 0.236. The molecule has 0 atom stereocenters. The van der Waals surface area contributed by atoms with Gasteiger partial charge < -0.3 is 9.47 Å². The van der Waals surface area contributed by atoms with Crippen molar-refractivity contribution in [3.8, 4) is 22.3 Å². The van der Waals surface area contributed by atoms with E-state index in [1.54, 1.807) is 30.3 Å². The van der Waals surface area contributed by atoms with Gasteiger partial charge in [-0.15, -0.1) is 0 Å². The summed E-state index contributed by atoms with van der Waals surface area (Å²) < 4.78 is 56.9. The lowest BCUT2D eigenvalue weighted by Crippen LogP contribution is -2.27. The molecule has 234 valence electrons. The summed E-state index contributed by atoms with van der Waals surface area (Å²) in [5, 5.41) is 0. The summed E-state index contributed by atoms with van der Waals surface area (Å²) in [5.41, 5.74) is 3.15. The van der Waals surface area contributed by atoms with Gasteiger partial charge in [0.1, 0.15) is 5.82 Å². The zero-order valence-corrected chi connectivity index (χ0v) is 26.1. The Morgan fingerprint density at radius 3 is 1.84 bits per heavy atom. The standard InChI is InChI=1S/C38H49F3O2/c1-3-5-7-9-10-12-14-16-31-21-23-33(37(41)36(31)40)30-19-17-29(18-20-30)32-22-24-34(35(39)25-32)38-42-26-28(27-43-38)15-13-11-8-6-4-2/h17-25,28,38H,3-16,26-27H2,1-2H3. The average Bonchev–Trinajstić information content (AvgIpc) is 3.03. The number of benzene rings is 3. The Labute approximate surface area is 257 Å². The fourth-order valence-corrected chi connectivity index (χ4v) is 5.94. The smallest absolute Gasteiger partial charge is 0.186 e. The molecule has 0 bridgehead atoms. The van der Waals surface area contributed by atoms with Crippen LogP contribution in [0.1, 0.15) is 115 Å². The first-order chi connectivity index (χ1) is 21.0. The third-order valence-corrected chi connectivity index (χ3v) is 8.68. The normalized spacial score (nSPS) is 17.0. The Morgan fingerprint density at radius 1 is 0.605 bits per heavy atom. The molecule has 0 spiro atoms. The third kappa shape index (κ3) is 9.68. The van der Waals surface area contributed by atoms with Gasteiger partial charge in [0.25, 0.3) is 0 Å². The zero-order chi connectivity index (χ0) is 30.4. The van der Waals surface area contributed by atoms with Gasteiger partial charge in [-0.25, -0.2) is 13.2 Å². The highest BCUT2D eigenvalue weighted by Gasteiger charge is 2.26. The lowest BCUT2D eigenvalue weighted by Gasteiger charge is -2.30. The predicted octanol–water partition coefficient (Wildman–Crippen LogP) is 11.8. The van der Waals surface area contributed by atoms with Crippen molar-refractivity contribution in [3.05, 3.63) is 83.2 Å². The summed E-state index contributed by atoms with van der Waals surface area (Å²) in [5.74, 6) is -1.59. The Balaban J connectivity index is 1.31. The van der Waals surface area contributed by atoms with Crippen molar-refractivity contribution in [1.29, 1.82) is 0 Å². The Kier molecular flexibility index (Phi) is 13.6. The molecule has 0 N–H and O–H groups in total. The van der Waals surface area contributed by atoms with Crippen LogP contribution >= 0.6 is 0 Å². The number of unbranched alkanes of at least 4 members (excludes halogenated alkanes) is 10. The van der Waals surface area contributed by atoms with E-state index in [-0.39, 0.29) is 11.4 Å². The van der Waals surface area contributed by atoms with E-state index < -0.39 is 17.9 Å². The van der Waals surface area contributed by atoms with Crippen molar-refractivity contribution < 1.29 is 22.6 Å². The van der Waals surface area contributed by atoms with Crippen LogP contribution in [-0.2, 0) is 15.9 Å². The molecule has 1 saturated heterocycles. The maximum Gasteiger partial charge on any atom is 0.186 e. The molecule has 1 heterocycles.